The molecule has 0 bridgehead atoms. The molecule has 1 aromatic heterocycles. The van der Waals surface area contributed by atoms with Gasteiger partial charge in [0.2, 0.25) is 0 Å². The maximum atomic E-state index is 4.64. The molecule has 1 N–H and O–H groups in total. The van der Waals surface area contributed by atoms with E-state index in [-0.39, 0.29) is 0 Å². The molecule has 0 radical (unpaired) electrons. The first-order chi connectivity index (χ1) is 8.71. The number of nitrogens with one attached hydrogen (secondary N) is 1. The Labute approximate surface area is 120 Å². The normalized spacial score (nSPS) is 16.8. The molecule has 18 heavy (non-hydrogen) atoms. The van der Waals surface area contributed by atoms with E-state index in [2.05, 4.69) is 50.7 Å². The summed E-state index contributed by atoms with van der Waals surface area (Å²) in [7, 11) is 0. The van der Waals surface area contributed by atoms with Crippen molar-refractivity contribution < 1.29 is 0 Å². The summed E-state index contributed by atoms with van der Waals surface area (Å²) in [6, 6.07) is 10.4. The smallest absolute Gasteiger partial charge is 0.126 e. The summed E-state index contributed by atoms with van der Waals surface area (Å²) in [5.41, 5.74) is 1.04. The first-order valence-electron chi connectivity index (χ1n) is 6.06. The van der Waals surface area contributed by atoms with Gasteiger partial charge in [-0.25, -0.2) is 4.98 Å². The second kappa shape index (κ2) is 4.74. The van der Waals surface area contributed by atoms with Crippen molar-refractivity contribution >= 4 is 44.4 Å². The Morgan fingerprint density at radius 2 is 2.17 bits per heavy atom. The second-order valence-corrected chi connectivity index (χ2v) is 6.96. The van der Waals surface area contributed by atoms with Crippen LogP contribution in [-0.4, -0.2) is 22.5 Å². The quantitative estimate of drug-likeness (QED) is 0.908. The highest BCUT2D eigenvalue weighted by Crippen LogP contribution is 2.46. The van der Waals surface area contributed by atoms with Crippen LogP contribution in [0.5, 0.6) is 0 Å². The van der Waals surface area contributed by atoms with Gasteiger partial charge in [-0.1, -0.05) is 15.9 Å². The van der Waals surface area contributed by atoms with Crippen LogP contribution < -0.4 is 5.32 Å². The molecule has 1 aliphatic rings. The fourth-order valence-corrected chi connectivity index (χ4v) is 3.14. The van der Waals surface area contributed by atoms with E-state index >= 15 is 0 Å². The molecule has 1 fully saturated rings. The Morgan fingerprint density at radius 3 is 2.89 bits per heavy atom. The summed E-state index contributed by atoms with van der Waals surface area (Å²) in [6.45, 7) is 1.02. The molecule has 1 aromatic carbocycles. The van der Waals surface area contributed by atoms with Crippen molar-refractivity contribution in [3.63, 3.8) is 0 Å². The van der Waals surface area contributed by atoms with Crippen molar-refractivity contribution in [2.45, 2.75) is 17.6 Å². The Balaban J connectivity index is 1.79. The van der Waals surface area contributed by atoms with Crippen LogP contribution in [0.4, 0.5) is 5.82 Å². The Bertz CT molecular complexity index is 581. The third-order valence-electron chi connectivity index (χ3n) is 3.48. The summed E-state index contributed by atoms with van der Waals surface area (Å²) in [6.07, 6.45) is 4.84. The summed E-state index contributed by atoms with van der Waals surface area (Å²) in [5.74, 6) is 0.977. The third kappa shape index (κ3) is 2.50. The van der Waals surface area contributed by atoms with Crippen molar-refractivity contribution in [2.75, 3.05) is 18.1 Å². The first-order valence-corrected chi connectivity index (χ1v) is 8.08. The summed E-state index contributed by atoms with van der Waals surface area (Å²) in [4.78, 5) is 4.64. The van der Waals surface area contributed by atoms with Crippen LogP contribution in [0.15, 0.2) is 34.8 Å². The number of anilines is 1. The van der Waals surface area contributed by atoms with E-state index in [4.69, 9.17) is 0 Å². The average Bonchev–Trinajstić information content (AvgIpc) is 3.17. The molecule has 0 spiro atoms. The van der Waals surface area contributed by atoms with Gasteiger partial charge < -0.3 is 5.32 Å². The van der Waals surface area contributed by atoms with Crippen molar-refractivity contribution in [1.29, 1.82) is 0 Å². The number of benzene rings is 1. The summed E-state index contributed by atoms with van der Waals surface area (Å²) < 4.78 is 1.56. The Morgan fingerprint density at radius 1 is 1.33 bits per heavy atom. The van der Waals surface area contributed by atoms with Crippen LogP contribution in [0.25, 0.3) is 10.9 Å². The zero-order valence-electron chi connectivity index (χ0n) is 10.2. The van der Waals surface area contributed by atoms with Crippen LogP contribution in [0.1, 0.15) is 12.8 Å². The molecule has 1 heterocycles. The van der Waals surface area contributed by atoms with Gasteiger partial charge in [-0.2, -0.15) is 11.8 Å². The number of halogens is 1. The monoisotopic (exact) mass is 322 g/mol. The Kier molecular flexibility index (Phi) is 3.24. The maximum Gasteiger partial charge on any atom is 0.126 e. The number of aromatic nitrogens is 1. The molecule has 3 rings (SSSR count). The molecule has 0 amide bonds. The fourth-order valence-electron chi connectivity index (χ4n) is 2.04. The van der Waals surface area contributed by atoms with Crippen LogP contribution >= 0.6 is 27.7 Å². The predicted molar refractivity (Wildman–Crippen MR) is 83.4 cm³/mol. The van der Waals surface area contributed by atoms with Gasteiger partial charge >= 0.3 is 0 Å². The van der Waals surface area contributed by atoms with Gasteiger partial charge in [0.05, 0.1) is 5.52 Å². The third-order valence-corrected chi connectivity index (χ3v) is 5.40. The SMILES string of the molecule is CSC1(CNc2ccc3cc(Br)ccc3n2)CC1. The lowest BCUT2D eigenvalue weighted by atomic mass is 10.2. The van der Waals surface area contributed by atoms with Crippen molar-refractivity contribution in [1.82, 2.24) is 4.98 Å². The largest absolute Gasteiger partial charge is 0.369 e. The standard InChI is InChI=1S/C14H15BrN2S/c1-18-14(6-7-14)9-16-13-5-2-10-8-11(15)3-4-12(10)17-13/h2-5,8H,6-7,9H2,1H3,(H,16,17). The predicted octanol–water partition coefficient (Wildman–Crippen LogP) is 4.30. The number of hydrogen-bond donors (Lipinski definition) is 1. The van der Waals surface area contributed by atoms with Crippen LogP contribution in [-0.2, 0) is 0 Å². The minimum atomic E-state index is 0.469. The van der Waals surface area contributed by atoms with Gasteiger partial charge in [-0.15, -0.1) is 0 Å². The average molecular weight is 323 g/mol. The lowest BCUT2D eigenvalue weighted by molar-refractivity contribution is 0.942. The van der Waals surface area contributed by atoms with Gasteiger partial charge in [0, 0.05) is 21.2 Å². The van der Waals surface area contributed by atoms with E-state index in [1.165, 1.54) is 18.2 Å². The topological polar surface area (TPSA) is 24.9 Å². The first kappa shape index (κ1) is 12.3. The van der Waals surface area contributed by atoms with Gasteiger partial charge in [-0.3, -0.25) is 0 Å². The Hall–Kier alpha value is -0.740. The molecule has 2 aromatic rings. The van der Waals surface area contributed by atoms with E-state index in [0.717, 1.165) is 22.4 Å². The highest BCUT2D eigenvalue weighted by atomic mass is 79.9. The molecule has 4 heteroatoms. The van der Waals surface area contributed by atoms with E-state index in [9.17, 15) is 0 Å². The number of pyridine rings is 1. The molecule has 0 unspecified atom stereocenters. The molecule has 1 aliphatic carbocycles. The second-order valence-electron chi connectivity index (χ2n) is 4.77. The summed E-state index contributed by atoms with van der Waals surface area (Å²) >= 11 is 5.45. The van der Waals surface area contributed by atoms with Crippen molar-refractivity contribution in [3.05, 3.63) is 34.8 Å². The van der Waals surface area contributed by atoms with Gasteiger partial charge in [-0.05, 0) is 49.4 Å². The molecule has 2 nitrogen and oxygen atoms in total. The van der Waals surface area contributed by atoms with Gasteiger partial charge in [0.15, 0.2) is 0 Å². The molecule has 0 aliphatic heterocycles. The highest BCUT2D eigenvalue weighted by molar-refractivity contribution is 9.10. The fraction of sp³-hybridized carbons (Fsp3) is 0.357. The number of fused-ring (bicyclic) bond motifs is 1. The van der Waals surface area contributed by atoms with Crippen LogP contribution in [0.3, 0.4) is 0 Å². The van der Waals surface area contributed by atoms with E-state index in [0.29, 0.717) is 4.75 Å². The lowest BCUT2D eigenvalue weighted by Crippen LogP contribution is -2.17. The number of hydrogen-bond acceptors (Lipinski definition) is 3. The minimum Gasteiger partial charge on any atom is -0.369 e. The molecule has 1 saturated carbocycles. The lowest BCUT2D eigenvalue weighted by Gasteiger charge is -2.13. The maximum absolute atomic E-state index is 4.64. The number of thioether (sulfide) groups is 1. The van der Waals surface area contributed by atoms with Crippen molar-refractivity contribution in [2.24, 2.45) is 0 Å². The molecule has 0 atom stereocenters. The highest BCUT2D eigenvalue weighted by Gasteiger charge is 2.41. The minimum absolute atomic E-state index is 0.469. The molecule has 0 saturated heterocycles. The van der Waals surface area contributed by atoms with Crippen LogP contribution in [0, 0.1) is 0 Å². The van der Waals surface area contributed by atoms with Gasteiger partial charge in [0.1, 0.15) is 5.82 Å². The van der Waals surface area contributed by atoms with E-state index in [1.807, 2.05) is 23.9 Å². The molecule has 94 valence electrons. The van der Waals surface area contributed by atoms with E-state index in [1.54, 1.807) is 0 Å². The van der Waals surface area contributed by atoms with Gasteiger partial charge in [0.25, 0.3) is 0 Å². The summed E-state index contributed by atoms with van der Waals surface area (Å²) in [5, 5.41) is 4.63. The van der Waals surface area contributed by atoms with Crippen LogP contribution in [0.2, 0.25) is 0 Å². The number of rotatable bonds is 4. The van der Waals surface area contributed by atoms with Crippen molar-refractivity contribution in [3.8, 4) is 0 Å². The van der Waals surface area contributed by atoms with E-state index < -0.39 is 0 Å². The zero-order chi connectivity index (χ0) is 12.6. The number of nitrogens with zero attached hydrogens (tertiary/aromatic N) is 1. The zero-order valence-corrected chi connectivity index (χ0v) is 12.6. The molecular formula is C14H15BrN2S. The molecular weight excluding hydrogens is 308 g/mol.